The van der Waals surface area contributed by atoms with Gasteiger partial charge < -0.3 is 19.4 Å². The third kappa shape index (κ3) is 3.17. The maximum atomic E-state index is 13.1. The number of benzene rings is 1. The van der Waals surface area contributed by atoms with Gasteiger partial charge in [-0.05, 0) is 37.1 Å². The summed E-state index contributed by atoms with van der Waals surface area (Å²) in [6.07, 6.45) is 5.75. The predicted octanol–water partition coefficient (Wildman–Crippen LogP) is 2.71. The van der Waals surface area contributed by atoms with Crippen LogP contribution in [0.1, 0.15) is 18.5 Å². The smallest absolute Gasteiger partial charge is 0.226 e. The van der Waals surface area contributed by atoms with Crippen molar-refractivity contribution in [3.05, 3.63) is 42.0 Å². The second-order valence-electron chi connectivity index (χ2n) is 7.90. The quantitative estimate of drug-likeness (QED) is 0.649. The van der Waals surface area contributed by atoms with Crippen molar-refractivity contribution in [2.45, 2.75) is 31.5 Å². The summed E-state index contributed by atoms with van der Waals surface area (Å²) in [5.41, 5.74) is 1.64. The molecule has 3 aliphatic rings. The van der Waals surface area contributed by atoms with Gasteiger partial charge in [0.15, 0.2) is 5.96 Å². The molecule has 3 aliphatic heterocycles. The van der Waals surface area contributed by atoms with Crippen LogP contribution in [0.4, 0.5) is 4.39 Å². The van der Waals surface area contributed by atoms with Gasteiger partial charge in [0, 0.05) is 50.5 Å². The lowest BCUT2D eigenvalue weighted by molar-refractivity contribution is 0.0767. The van der Waals surface area contributed by atoms with E-state index in [1.807, 2.05) is 7.05 Å². The molecule has 4 heterocycles. The number of guanidine groups is 1. The van der Waals surface area contributed by atoms with Gasteiger partial charge in [0.2, 0.25) is 5.89 Å². The van der Waals surface area contributed by atoms with E-state index < -0.39 is 0 Å². The number of halogens is 1. The lowest BCUT2D eigenvalue weighted by atomic mass is 9.82. The van der Waals surface area contributed by atoms with Gasteiger partial charge in [-0.15, -0.1) is 0 Å². The zero-order valence-corrected chi connectivity index (χ0v) is 16.0. The van der Waals surface area contributed by atoms with Gasteiger partial charge in [0.25, 0.3) is 0 Å². The number of likely N-dealkylation sites (tertiary alicyclic amines) is 1. The molecule has 4 atom stereocenters. The van der Waals surface area contributed by atoms with Crippen molar-refractivity contribution in [2.75, 3.05) is 26.7 Å². The monoisotopic (exact) mass is 384 g/mol. The Hall–Kier alpha value is -2.41. The summed E-state index contributed by atoms with van der Waals surface area (Å²) >= 11 is 0. The summed E-state index contributed by atoms with van der Waals surface area (Å²) in [4.78, 5) is 11.3. The number of aliphatic imine (C=N–C) groups is 1. The van der Waals surface area contributed by atoms with Crippen LogP contribution in [0, 0.1) is 17.7 Å². The van der Waals surface area contributed by atoms with E-state index in [2.05, 4.69) is 20.2 Å². The molecule has 5 rings (SSSR count). The Bertz CT molecular complexity index is 848. The van der Waals surface area contributed by atoms with E-state index in [0.717, 1.165) is 43.3 Å². The summed E-state index contributed by atoms with van der Waals surface area (Å²) in [5, 5.41) is 3.46. The summed E-state index contributed by atoms with van der Waals surface area (Å²) < 4.78 is 24.6. The highest BCUT2D eigenvalue weighted by molar-refractivity contribution is 5.80. The molecule has 0 aliphatic carbocycles. The average molecular weight is 384 g/mol. The van der Waals surface area contributed by atoms with Crippen molar-refractivity contribution in [1.29, 1.82) is 0 Å². The molecule has 0 amide bonds. The van der Waals surface area contributed by atoms with Crippen molar-refractivity contribution < 1.29 is 13.5 Å². The van der Waals surface area contributed by atoms with Crippen LogP contribution in [-0.2, 0) is 11.2 Å². The molecule has 1 aromatic carbocycles. The lowest BCUT2D eigenvalue weighted by Crippen LogP contribution is -2.42. The van der Waals surface area contributed by atoms with Crippen LogP contribution in [0.15, 0.2) is 39.9 Å². The first-order valence-corrected chi connectivity index (χ1v) is 10.0. The van der Waals surface area contributed by atoms with Gasteiger partial charge in [0.1, 0.15) is 12.1 Å². The SMILES string of the molecule is CN=C(NCCc1coc(-c2ccc(F)cc2)n1)N1CC2C3CCC(O3)C2C1. The molecule has 0 radical (unpaired) electrons. The van der Waals surface area contributed by atoms with Crippen LogP contribution in [0.5, 0.6) is 0 Å². The van der Waals surface area contributed by atoms with Gasteiger partial charge in [0.05, 0.1) is 17.9 Å². The molecule has 148 valence electrons. The average Bonchev–Trinajstić information content (AvgIpc) is 3.48. The highest BCUT2D eigenvalue weighted by Crippen LogP contribution is 2.47. The third-order valence-corrected chi connectivity index (χ3v) is 6.27. The summed E-state index contributed by atoms with van der Waals surface area (Å²) in [5.74, 6) is 2.52. The number of nitrogens with zero attached hydrogens (tertiary/aromatic N) is 3. The van der Waals surface area contributed by atoms with Gasteiger partial charge in [-0.25, -0.2) is 9.37 Å². The molecule has 4 unspecified atom stereocenters. The lowest BCUT2D eigenvalue weighted by Gasteiger charge is -2.23. The van der Waals surface area contributed by atoms with E-state index in [0.29, 0.717) is 29.9 Å². The fourth-order valence-electron chi connectivity index (χ4n) is 4.91. The number of aromatic nitrogens is 1. The maximum absolute atomic E-state index is 13.1. The van der Waals surface area contributed by atoms with E-state index in [4.69, 9.17) is 9.15 Å². The second kappa shape index (κ2) is 7.20. The molecular formula is C21H25FN4O2. The second-order valence-corrected chi connectivity index (χ2v) is 7.90. The summed E-state index contributed by atoms with van der Waals surface area (Å²) in [7, 11) is 1.84. The zero-order valence-electron chi connectivity index (χ0n) is 16.0. The minimum Gasteiger partial charge on any atom is -0.444 e. The molecule has 7 heteroatoms. The largest absolute Gasteiger partial charge is 0.444 e. The molecule has 1 aromatic heterocycles. The molecule has 0 spiro atoms. The van der Waals surface area contributed by atoms with Crippen molar-refractivity contribution >= 4 is 5.96 Å². The van der Waals surface area contributed by atoms with Crippen LogP contribution < -0.4 is 5.32 Å². The van der Waals surface area contributed by atoms with Crippen molar-refractivity contribution in [3.63, 3.8) is 0 Å². The molecule has 2 aromatic rings. The molecule has 0 saturated carbocycles. The highest BCUT2D eigenvalue weighted by atomic mass is 19.1. The fraction of sp³-hybridized carbons (Fsp3) is 0.524. The molecular weight excluding hydrogens is 359 g/mol. The molecule has 1 N–H and O–H groups in total. The van der Waals surface area contributed by atoms with E-state index in [1.54, 1.807) is 18.4 Å². The highest BCUT2D eigenvalue weighted by Gasteiger charge is 2.53. The fourth-order valence-corrected chi connectivity index (χ4v) is 4.91. The van der Waals surface area contributed by atoms with E-state index in [9.17, 15) is 4.39 Å². The molecule has 3 saturated heterocycles. The number of hydrogen-bond donors (Lipinski definition) is 1. The van der Waals surface area contributed by atoms with E-state index >= 15 is 0 Å². The van der Waals surface area contributed by atoms with Crippen molar-refractivity contribution in [1.82, 2.24) is 15.2 Å². The number of hydrogen-bond acceptors (Lipinski definition) is 4. The minimum absolute atomic E-state index is 0.267. The first-order chi connectivity index (χ1) is 13.7. The Labute approximate surface area is 163 Å². The molecule has 6 nitrogen and oxygen atoms in total. The first kappa shape index (κ1) is 17.7. The van der Waals surface area contributed by atoms with Crippen LogP contribution in [-0.4, -0.2) is 54.7 Å². The van der Waals surface area contributed by atoms with Gasteiger partial charge >= 0.3 is 0 Å². The Morgan fingerprint density at radius 1 is 1.21 bits per heavy atom. The zero-order chi connectivity index (χ0) is 19.1. The molecule has 2 bridgehead atoms. The topological polar surface area (TPSA) is 62.9 Å². The van der Waals surface area contributed by atoms with Crippen LogP contribution in [0.3, 0.4) is 0 Å². The number of fused-ring (bicyclic) bond motifs is 5. The van der Waals surface area contributed by atoms with Gasteiger partial charge in [-0.3, -0.25) is 4.99 Å². The Balaban J connectivity index is 1.15. The Morgan fingerprint density at radius 2 is 1.93 bits per heavy atom. The van der Waals surface area contributed by atoms with E-state index in [1.165, 1.54) is 25.0 Å². The van der Waals surface area contributed by atoms with Crippen LogP contribution in [0.25, 0.3) is 11.5 Å². The number of oxazole rings is 1. The Morgan fingerprint density at radius 3 is 2.61 bits per heavy atom. The number of ether oxygens (including phenoxy) is 1. The Kier molecular flexibility index (Phi) is 4.55. The van der Waals surface area contributed by atoms with Crippen LogP contribution >= 0.6 is 0 Å². The van der Waals surface area contributed by atoms with Crippen LogP contribution in [0.2, 0.25) is 0 Å². The molecule has 28 heavy (non-hydrogen) atoms. The summed E-state index contributed by atoms with van der Waals surface area (Å²) in [6, 6.07) is 6.17. The maximum Gasteiger partial charge on any atom is 0.226 e. The standard InChI is InChI=1S/C21H25FN4O2/c1-23-21(26-10-16-17(11-26)19-7-6-18(16)28-19)24-9-8-15-12-27-20(25-15)13-2-4-14(22)5-3-13/h2-5,12,16-19H,6-11H2,1H3,(H,23,24). The van der Waals surface area contributed by atoms with Gasteiger partial charge in [-0.1, -0.05) is 0 Å². The normalized spacial score (nSPS) is 28.8. The van der Waals surface area contributed by atoms with E-state index in [-0.39, 0.29) is 5.82 Å². The van der Waals surface area contributed by atoms with Crippen molar-refractivity contribution in [3.8, 4) is 11.5 Å². The third-order valence-electron chi connectivity index (χ3n) is 6.27. The first-order valence-electron chi connectivity index (χ1n) is 10.0. The minimum atomic E-state index is -0.267. The van der Waals surface area contributed by atoms with Gasteiger partial charge in [-0.2, -0.15) is 0 Å². The summed E-state index contributed by atoms with van der Waals surface area (Å²) in [6.45, 7) is 2.80. The van der Waals surface area contributed by atoms with Crippen molar-refractivity contribution in [2.24, 2.45) is 16.8 Å². The predicted molar refractivity (Wildman–Crippen MR) is 103 cm³/mol. The number of rotatable bonds is 4. The number of nitrogens with one attached hydrogen (secondary N) is 1. The molecule has 3 fully saturated rings.